The summed E-state index contributed by atoms with van der Waals surface area (Å²) < 4.78 is 9.75. The fourth-order valence-corrected chi connectivity index (χ4v) is 12.9. The molecule has 0 bridgehead atoms. The maximum absolute atomic E-state index is 6.52. The zero-order chi connectivity index (χ0) is 11.6. The normalized spacial score (nSPS) is 17.8. The van der Waals surface area contributed by atoms with Crippen LogP contribution in [0, 0.1) is 0 Å². The monoisotopic (exact) mass is 344 g/mol. The Hall–Kier alpha value is 0.310. The molecule has 0 saturated heterocycles. The van der Waals surface area contributed by atoms with E-state index in [1.165, 1.54) is 0 Å². The van der Waals surface area contributed by atoms with Crippen LogP contribution in [0.25, 0.3) is 0 Å². The smallest absolute Gasteiger partial charge is 1.00 e. The molecule has 0 saturated carbocycles. The summed E-state index contributed by atoms with van der Waals surface area (Å²) in [7, 11) is -1.41. The Morgan fingerprint density at radius 2 is 1.47 bits per heavy atom. The summed E-state index contributed by atoms with van der Waals surface area (Å²) in [6.45, 7) is 6.91. The van der Waals surface area contributed by atoms with E-state index in [1.807, 2.05) is 0 Å². The van der Waals surface area contributed by atoms with E-state index in [2.05, 4.69) is 56.1 Å². The second kappa shape index (κ2) is 6.47. The van der Waals surface area contributed by atoms with Crippen LogP contribution in [0.3, 0.4) is 0 Å². The Labute approximate surface area is 120 Å². The van der Waals surface area contributed by atoms with Gasteiger partial charge in [-0.25, -0.2) is 0 Å². The first-order chi connectivity index (χ1) is 7.56. The molecular weight excluding hydrogens is 327 g/mol. The van der Waals surface area contributed by atoms with Gasteiger partial charge >= 0.3 is 109 Å². The average molecular weight is 346 g/mol. The minimum atomic E-state index is -1.94. The van der Waals surface area contributed by atoms with Gasteiger partial charge in [0.1, 0.15) is 0 Å². The summed E-state index contributed by atoms with van der Waals surface area (Å²) in [5.74, 6) is 0. The second-order valence-corrected chi connectivity index (χ2v) is 15.9. The van der Waals surface area contributed by atoms with Gasteiger partial charge in [-0.05, 0) is 0 Å². The van der Waals surface area contributed by atoms with Crippen molar-refractivity contribution in [3.63, 3.8) is 0 Å². The van der Waals surface area contributed by atoms with Crippen molar-refractivity contribution in [2.75, 3.05) is 0 Å². The van der Waals surface area contributed by atoms with Crippen molar-refractivity contribution in [3.8, 4) is 0 Å². The van der Waals surface area contributed by atoms with Gasteiger partial charge in [0.15, 0.2) is 0 Å². The van der Waals surface area contributed by atoms with E-state index >= 15 is 0 Å². The fraction of sp³-hybridized carbons (Fsp3) is 0.385. The fourth-order valence-electron chi connectivity index (χ4n) is 1.87. The predicted octanol–water partition coefficient (Wildman–Crippen LogP) is 1.06. The molecule has 0 unspecified atom stereocenters. The maximum Gasteiger partial charge on any atom is -1.00 e. The summed E-state index contributed by atoms with van der Waals surface area (Å²) in [6, 6.07) is 0. The van der Waals surface area contributed by atoms with Gasteiger partial charge in [0.2, 0.25) is 0 Å². The van der Waals surface area contributed by atoms with Gasteiger partial charge in [-0.3, -0.25) is 0 Å². The molecular formula is C13H19ClOSiZr. The first-order valence-corrected chi connectivity index (χ1v) is 12.7. The molecule has 2 rings (SSSR count). The van der Waals surface area contributed by atoms with Gasteiger partial charge < -0.3 is 12.4 Å². The van der Waals surface area contributed by atoms with Crippen molar-refractivity contribution in [1.82, 2.24) is 0 Å². The van der Waals surface area contributed by atoms with Crippen LogP contribution in [-0.4, -0.2) is 8.32 Å². The van der Waals surface area contributed by atoms with Crippen molar-refractivity contribution < 1.29 is 37.1 Å². The number of rotatable bonds is 4. The van der Waals surface area contributed by atoms with Crippen molar-refractivity contribution in [3.05, 3.63) is 43.0 Å². The first kappa shape index (κ1) is 15.4. The molecule has 0 aliphatic heterocycles. The summed E-state index contributed by atoms with van der Waals surface area (Å²) in [5.41, 5.74) is 0. The summed E-state index contributed by atoms with van der Waals surface area (Å²) in [5, 5.41) is 0. The van der Waals surface area contributed by atoms with Crippen LogP contribution < -0.4 is 12.4 Å². The molecule has 1 nitrogen and oxygen atoms in total. The van der Waals surface area contributed by atoms with Gasteiger partial charge in [-0.15, -0.1) is 0 Å². The standard InChI is InChI=1S/2C5H5.C3H9OSi.ClH.Zr/c2*1-2-4-5-3-1;1-5(2,3)4;;/h2*1-3H,4H2;1-3H3;1H;/q;;-1;;+2/p-1. The van der Waals surface area contributed by atoms with Crippen LogP contribution >= 0.6 is 0 Å². The molecule has 0 atom stereocenters. The summed E-state index contributed by atoms with van der Waals surface area (Å²) >= 11 is -1.94. The van der Waals surface area contributed by atoms with E-state index in [9.17, 15) is 0 Å². The molecule has 0 radical (unpaired) electrons. The molecule has 2 aliphatic rings. The van der Waals surface area contributed by atoms with Crippen LogP contribution in [0.5, 0.6) is 0 Å². The van der Waals surface area contributed by atoms with Crippen molar-refractivity contribution in [2.45, 2.75) is 32.5 Å². The third-order valence-corrected chi connectivity index (χ3v) is 14.1. The number of allylic oxidation sites excluding steroid dienone is 8. The van der Waals surface area contributed by atoms with Crippen LogP contribution in [0.4, 0.5) is 0 Å². The van der Waals surface area contributed by atoms with Gasteiger partial charge in [0, 0.05) is 0 Å². The molecule has 0 aromatic carbocycles. The molecule has 0 spiro atoms. The van der Waals surface area contributed by atoms with Crippen molar-refractivity contribution in [1.29, 1.82) is 0 Å². The molecule has 92 valence electrons. The average Bonchev–Trinajstić information content (AvgIpc) is 2.86. The zero-order valence-corrected chi connectivity index (χ0v) is 14.9. The molecule has 0 aromatic rings. The van der Waals surface area contributed by atoms with E-state index in [0.29, 0.717) is 0 Å². The molecule has 17 heavy (non-hydrogen) atoms. The third-order valence-electron chi connectivity index (χ3n) is 2.53. The Kier molecular flexibility index (Phi) is 5.85. The van der Waals surface area contributed by atoms with Gasteiger partial charge in [-0.2, -0.15) is 0 Å². The first-order valence-electron chi connectivity index (χ1n) is 5.84. The van der Waals surface area contributed by atoms with E-state index < -0.39 is 30.5 Å². The van der Waals surface area contributed by atoms with Crippen LogP contribution in [0.1, 0.15) is 12.8 Å². The summed E-state index contributed by atoms with van der Waals surface area (Å²) in [4.78, 5) is 0. The van der Waals surface area contributed by atoms with Crippen LogP contribution in [0.2, 0.25) is 19.6 Å². The molecule has 0 heterocycles. The predicted molar refractivity (Wildman–Crippen MR) is 68.1 cm³/mol. The van der Waals surface area contributed by atoms with Gasteiger partial charge in [0.05, 0.1) is 0 Å². The van der Waals surface area contributed by atoms with Crippen molar-refractivity contribution >= 4 is 8.32 Å². The topological polar surface area (TPSA) is 9.23 Å². The molecule has 0 amide bonds. The van der Waals surface area contributed by atoms with Crippen LogP contribution in [0.15, 0.2) is 43.0 Å². The number of hydrogen-bond acceptors (Lipinski definition) is 1. The van der Waals surface area contributed by atoms with Crippen molar-refractivity contribution in [2.24, 2.45) is 0 Å². The van der Waals surface area contributed by atoms with E-state index in [-0.39, 0.29) is 12.4 Å². The van der Waals surface area contributed by atoms with Gasteiger partial charge in [0.25, 0.3) is 0 Å². The van der Waals surface area contributed by atoms with E-state index in [4.69, 9.17) is 2.50 Å². The Balaban J connectivity index is 0.00000144. The zero-order valence-electron chi connectivity index (χ0n) is 10.7. The molecule has 0 N–H and O–H groups in total. The van der Waals surface area contributed by atoms with E-state index in [0.717, 1.165) is 12.8 Å². The Morgan fingerprint density at radius 1 is 1.00 bits per heavy atom. The molecule has 2 aliphatic carbocycles. The quantitative estimate of drug-likeness (QED) is 0.692. The second-order valence-electron chi connectivity index (χ2n) is 5.19. The molecule has 4 heteroatoms. The Morgan fingerprint density at radius 3 is 1.76 bits per heavy atom. The van der Waals surface area contributed by atoms with Gasteiger partial charge in [-0.1, -0.05) is 0 Å². The minimum absolute atomic E-state index is 0. The van der Waals surface area contributed by atoms with E-state index in [1.54, 1.807) is 6.56 Å². The molecule has 0 fully saturated rings. The van der Waals surface area contributed by atoms with Crippen LogP contribution in [-0.2, 0) is 24.7 Å². The summed E-state index contributed by atoms with van der Waals surface area (Å²) in [6.07, 6.45) is 15.8. The largest absolute Gasteiger partial charge is 1.00 e. The number of hydrogen-bond donors (Lipinski definition) is 0. The Bertz CT molecular complexity index is 361. The number of halogens is 1. The molecule has 0 aromatic heterocycles. The third kappa shape index (κ3) is 4.48. The SMILES string of the molecule is C[Si](C)(C)[O][Zr+]([C]1=CC=CC1)[C]1=CC=CC1.[Cl-]. The maximum atomic E-state index is 6.52. The minimum Gasteiger partial charge on any atom is -1.00 e.